The van der Waals surface area contributed by atoms with Crippen molar-refractivity contribution in [1.82, 2.24) is 15.5 Å². The highest BCUT2D eigenvalue weighted by Crippen LogP contribution is 2.14. The minimum Gasteiger partial charge on any atom is -0.466 e. The number of carbonyl (C=O) groups is 3. The van der Waals surface area contributed by atoms with Crippen molar-refractivity contribution < 1.29 is 24.0 Å². The summed E-state index contributed by atoms with van der Waals surface area (Å²) in [6, 6.07) is 4.85. The molecule has 0 saturated carbocycles. The summed E-state index contributed by atoms with van der Waals surface area (Å²) >= 11 is 5.34. The number of benzene rings is 1. The van der Waals surface area contributed by atoms with E-state index in [0.717, 1.165) is 19.3 Å². The molecule has 0 aromatic heterocycles. The monoisotopic (exact) mass is 532 g/mol. The van der Waals surface area contributed by atoms with Crippen LogP contribution in [-0.4, -0.2) is 58.5 Å². The lowest BCUT2D eigenvalue weighted by atomic mass is 10.1. The number of nitrogens with one attached hydrogen (secondary N) is 2. The molecule has 1 fully saturated rings. The van der Waals surface area contributed by atoms with Crippen LogP contribution in [0.5, 0.6) is 0 Å². The van der Waals surface area contributed by atoms with Crippen LogP contribution in [0.1, 0.15) is 70.3 Å². The number of thiocarbonyl (C=S) groups is 1. The number of hydrogen-bond donors (Lipinski definition) is 2. The SMILES string of the molecule is CCCCCCCCCCOC(=O)CC1C(=O)NCCN1C(=S)NC(=O)/C=C/c1ccc([N+](=O)[O-])cc1. The second-order valence-electron chi connectivity index (χ2n) is 8.88. The Hall–Kier alpha value is -3.34. The van der Waals surface area contributed by atoms with Gasteiger partial charge in [-0.25, -0.2) is 0 Å². The fourth-order valence-corrected chi connectivity index (χ4v) is 4.22. The normalized spacial score (nSPS) is 15.3. The highest BCUT2D eigenvalue weighted by molar-refractivity contribution is 7.80. The van der Waals surface area contributed by atoms with Crippen LogP contribution >= 0.6 is 12.2 Å². The first-order valence-corrected chi connectivity index (χ1v) is 13.2. The van der Waals surface area contributed by atoms with Crippen molar-refractivity contribution in [2.75, 3.05) is 19.7 Å². The molecule has 1 aliphatic heterocycles. The van der Waals surface area contributed by atoms with Gasteiger partial charge >= 0.3 is 5.97 Å². The number of non-ortho nitro benzene ring substituents is 1. The van der Waals surface area contributed by atoms with Crippen LogP contribution in [0.25, 0.3) is 6.08 Å². The molecule has 37 heavy (non-hydrogen) atoms. The van der Waals surface area contributed by atoms with E-state index in [0.29, 0.717) is 25.3 Å². The summed E-state index contributed by atoms with van der Waals surface area (Å²) in [5.74, 6) is -1.36. The zero-order chi connectivity index (χ0) is 27.0. The highest BCUT2D eigenvalue weighted by Gasteiger charge is 2.34. The molecular weight excluding hydrogens is 496 g/mol. The predicted octanol–water partition coefficient (Wildman–Crippen LogP) is 3.88. The van der Waals surface area contributed by atoms with Gasteiger partial charge in [0.25, 0.3) is 5.69 Å². The van der Waals surface area contributed by atoms with E-state index >= 15 is 0 Å². The third kappa shape index (κ3) is 11.1. The van der Waals surface area contributed by atoms with Crippen molar-refractivity contribution in [1.29, 1.82) is 0 Å². The maximum absolute atomic E-state index is 12.4. The lowest BCUT2D eigenvalue weighted by Crippen LogP contribution is -2.60. The average molecular weight is 533 g/mol. The number of nitro groups is 1. The summed E-state index contributed by atoms with van der Waals surface area (Å²) in [6.07, 6.45) is 11.7. The number of hydrogen-bond acceptors (Lipinski definition) is 7. The molecule has 10 nitrogen and oxygen atoms in total. The molecule has 202 valence electrons. The van der Waals surface area contributed by atoms with Crippen molar-refractivity contribution in [3.8, 4) is 0 Å². The molecule has 1 aromatic carbocycles. The van der Waals surface area contributed by atoms with E-state index in [2.05, 4.69) is 17.6 Å². The van der Waals surface area contributed by atoms with Gasteiger partial charge in [0, 0.05) is 31.3 Å². The Morgan fingerprint density at radius 2 is 1.81 bits per heavy atom. The van der Waals surface area contributed by atoms with Crippen LogP contribution in [0.4, 0.5) is 5.69 Å². The summed E-state index contributed by atoms with van der Waals surface area (Å²) in [5.41, 5.74) is 0.551. The Morgan fingerprint density at radius 1 is 1.16 bits per heavy atom. The second-order valence-corrected chi connectivity index (χ2v) is 9.26. The molecule has 1 aromatic rings. The molecular formula is C26H36N4O6S. The average Bonchev–Trinajstić information content (AvgIpc) is 2.87. The maximum atomic E-state index is 12.4. The Balaban J connectivity index is 1.78. The number of nitrogens with zero attached hydrogens (tertiary/aromatic N) is 2. The molecule has 0 spiro atoms. The maximum Gasteiger partial charge on any atom is 0.308 e. The molecule has 11 heteroatoms. The van der Waals surface area contributed by atoms with Crippen molar-refractivity contribution in [2.45, 2.75) is 70.8 Å². The van der Waals surface area contributed by atoms with E-state index in [1.807, 2.05) is 0 Å². The number of piperazine rings is 1. The topological polar surface area (TPSA) is 131 Å². The van der Waals surface area contributed by atoms with Gasteiger partial charge in [0.2, 0.25) is 11.8 Å². The predicted molar refractivity (Wildman–Crippen MR) is 145 cm³/mol. The molecule has 2 N–H and O–H groups in total. The molecule has 1 aliphatic rings. The fourth-order valence-electron chi connectivity index (χ4n) is 3.90. The highest BCUT2D eigenvalue weighted by atomic mass is 32.1. The number of ether oxygens (including phenoxy) is 1. The summed E-state index contributed by atoms with van der Waals surface area (Å²) in [5, 5.41) is 16.0. The molecule has 1 unspecified atom stereocenters. The van der Waals surface area contributed by atoms with Crippen LogP contribution < -0.4 is 10.6 Å². The van der Waals surface area contributed by atoms with E-state index in [1.165, 1.54) is 73.4 Å². The zero-order valence-corrected chi connectivity index (χ0v) is 22.1. The number of carbonyl (C=O) groups excluding carboxylic acids is 3. The van der Waals surface area contributed by atoms with Gasteiger partial charge < -0.3 is 15.0 Å². The Kier molecular flexibility index (Phi) is 13.3. The Labute approximate surface area is 223 Å². The molecule has 0 bridgehead atoms. The molecule has 2 amide bonds. The summed E-state index contributed by atoms with van der Waals surface area (Å²) < 4.78 is 5.33. The first-order valence-electron chi connectivity index (χ1n) is 12.8. The number of rotatable bonds is 14. The van der Waals surface area contributed by atoms with Gasteiger partial charge in [0.1, 0.15) is 6.04 Å². The van der Waals surface area contributed by atoms with Crippen LogP contribution in [0.3, 0.4) is 0 Å². The van der Waals surface area contributed by atoms with Crippen LogP contribution in [0.2, 0.25) is 0 Å². The largest absolute Gasteiger partial charge is 0.466 e. The van der Waals surface area contributed by atoms with Gasteiger partial charge in [-0.2, -0.15) is 0 Å². The molecule has 0 radical (unpaired) electrons. The first kappa shape index (κ1) is 29.9. The summed E-state index contributed by atoms with van der Waals surface area (Å²) in [6.45, 7) is 3.18. The van der Waals surface area contributed by atoms with Gasteiger partial charge in [-0.3, -0.25) is 29.8 Å². The molecule has 1 heterocycles. The lowest BCUT2D eigenvalue weighted by molar-refractivity contribution is -0.384. The van der Waals surface area contributed by atoms with E-state index < -0.39 is 22.8 Å². The molecule has 0 aliphatic carbocycles. The summed E-state index contributed by atoms with van der Waals surface area (Å²) in [7, 11) is 0. The second kappa shape index (κ2) is 16.4. The number of unbranched alkanes of at least 4 members (excludes halogenated alkanes) is 7. The molecule has 1 saturated heterocycles. The number of nitro benzene ring substituents is 1. The lowest BCUT2D eigenvalue weighted by Gasteiger charge is -2.36. The number of esters is 1. The quantitative estimate of drug-likeness (QED) is 0.0922. The Bertz CT molecular complexity index is 966. The minimum absolute atomic E-state index is 0.0362. The van der Waals surface area contributed by atoms with E-state index in [9.17, 15) is 24.5 Å². The van der Waals surface area contributed by atoms with Crippen molar-refractivity contribution in [3.05, 3.63) is 46.0 Å². The standard InChI is InChI=1S/C26H36N4O6S/c1-2-3-4-5-6-7-8-9-18-36-24(32)19-22-25(33)27-16-17-29(22)26(37)28-23(31)15-12-20-10-13-21(14-11-20)30(34)35/h10-15,22H,2-9,16-19H2,1H3,(H,27,33)(H,28,31,37)/b15-12+. The van der Waals surface area contributed by atoms with Gasteiger partial charge in [-0.1, -0.05) is 51.9 Å². The van der Waals surface area contributed by atoms with Crippen molar-refractivity contribution >= 4 is 46.9 Å². The summed E-state index contributed by atoms with van der Waals surface area (Å²) in [4.78, 5) is 48.9. The van der Waals surface area contributed by atoms with Crippen molar-refractivity contribution in [2.24, 2.45) is 0 Å². The molecule has 2 rings (SSSR count). The van der Waals surface area contributed by atoms with Gasteiger partial charge in [-0.05, 0) is 42.4 Å². The van der Waals surface area contributed by atoms with Crippen LogP contribution in [-0.2, 0) is 19.1 Å². The van der Waals surface area contributed by atoms with Gasteiger partial charge in [0.05, 0.1) is 18.0 Å². The fraction of sp³-hybridized carbons (Fsp3) is 0.538. The van der Waals surface area contributed by atoms with E-state index in [-0.39, 0.29) is 23.1 Å². The van der Waals surface area contributed by atoms with Gasteiger partial charge in [0.15, 0.2) is 5.11 Å². The molecule has 1 atom stereocenters. The smallest absolute Gasteiger partial charge is 0.308 e. The van der Waals surface area contributed by atoms with Crippen LogP contribution in [0, 0.1) is 10.1 Å². The zero-order valence-electron chi connectivity index (χ0n) is 21.3. The van der Waals surface area contributed by atoms with E-state index in [4.69, 9.17) is 17.0 Å². The number of amides is 2. The third-order valence-corrected chi connectivity index (χ3v) is 6.31. The van der Waals surface area contributed by atoms with Crippen LogP contribution in [0.15, 0.2) is 30.3 Å². The van der Waals surface area contributed by atoms with Gasteiger partial charge in [-0.15, -0.1) is 0 Å². The minimum atomic E-state index is -0.869. The van der Waals surface area contributed by atoms with E-state index in [1.54, 1.807) is 0 Å². The third-order valence-electron chi connectivity index (χ3n) is 5.97. The first-order chi connectivity index (χ1) is 17.8. The van der Waals surface area contributed by atoms with Crippen molar-refractivity contribution in [3.63, 3.8) is 0 Å². The Morgan fingerprint density at radius 3 is 2.46 bits per heavy atom.